The zero-order valence-corrected chi connectivity index (χ0v) is 19.4. The Morgan fingerprint density at radius 1 is 1.14 bits per heavy atom. The first-order valence-electron chi connectivity index (χ1n) is 11.0. The largest absolute Gasteiger partial charge is 0.492 e. The molecule has 11 nitrogen and oxygen atoms in total. The number of nitrogens with zero attached hydrogens (tertiary/aromatic N) is 6. The molecule has 2 aromatic heterocycles. The molecule has 0 radical (unpaired) electrons. The molecule has 0 saturated carbocycles. The molecule has 5 rings (SSSR count). The van der Waals surface area contributed by atoms with Crippen molar-refractivity contribution < 1.29 is 14.3 Å². The van der Waals surface area contributed by atoms with Crippen LogP contribution in [0.1, 0.15) is 23.2 Å². The van der Waals surface area contributed by atoms with Gasteiger partial charge in [-0.25, -0.2) is 0 Å². The molecule has 1 saturated heterocycles. The molecule has 0 spiro atoms. The number of ether oxygens (including phenoxy) is 1. The van der Waals surface area contributed by atoms with Crippen LogP contribution in [0, 0.1) is 0 Å². The van der Waals surface area contributed by atoms with Gasteiger partial charge in [0.05, 0.1) is 6.54 Å². The molecular formula is C23H22N8O3S. The maximum atomic E-state index is 12.9. The number of aromatic nitrogens is 5. The summed E-state index contributed by atoms with van der Waals surface area (Å²) in [7, 11) is 0. The second kappa shape index (κ2) is 9.89. The Bertz CT molecular complexity index is 1320. The summed E-state index contributed by atoms with van der Waals surface area (Å²) in [5, 5.41) is 13.1. The lowest BCUT2D eigenvalue weighted by Crippen LogP contribution is -2.29. The Labute approximate surface area is 204 Å². The van der Waals surface area contributed by atoms with Gasteiger partial charge < -0.3 is 20.7 Å². The number of carbonyl (C=O) groups is 2. The molecule has 35 heavy (non-hydrogen) atoms. The molecule has 0 bridgehead atoms. The van der Waals surface area contributed by atoms with E-state index >= 15 is 0 Å². The lowest BCUT2D eigenvalue weighted by Gasteiger charge is -2.15. The Morgan fingerprint density at radius 3 is 2.63 bits per heavy atom. The van der Waals surface area contributed by atoms with Gasteiger partial charge in [0.2, 0.25) is 17.8 Å². The number of likely N-dealkylation sites (tertiary alicyclic amines) is 1. The standard InChI is InChI=1S/C23H22N8O3S/c24-22-26-23(25-17-7-9-18(10-8-17)34-13-12-30-11-1-2-20(30)32)28-31(22)21(33)16-5-3-15(4-6-16)19-14-35-29-27-19/h3-10,14H,1-2,11-13H2,(H3,24,25,26,28). The highest BCUT2D eigenvalue weighted by Crippen LogP contribution is 2.21. The van der Waals surface area contributed by atoms with Crippen molar-refractivity contribution in [2.45, 2.75) is 12.8 Å². The molecule has 2 aromatic carbocycles. The van der Waals surface area contributed by atoms with Crippen molar-refractivity contribution in [3.05, 3.63) is 59.5 Å². The third kappa shape index (κ3) is 5.11. The van der Waals surface area contributed by atoms with Crippen LogP contribution in [-0.2, 0) is 4.79 Å². The minimum atomic E-state index is -0.397. The average molecular weight is 491 g/mol. The number of hydrogen-bond acceptors (Lipinski definition) is 10. The van der Waals surface area contributed by atoms with Gasteiger partial charge in [-0.2, -0.15) is 9.67 Å². The SMILES string of the molecule is Nc1nc(Nc2ccc(OCCN3CCCC3=O)cc2)nn1C(=O)c1ccc(-c2csnn2)cc1. The fourth-order valence-corrected chi connectivity index (χ4v) is 4.17. The first-order valence-corrected chi connectivity index (χ1v) is 11.8. The van der Waals surface area contributed by atoms with E-state index in [1.165, 1.54) is 11.5 Å². The maximum absolute atomic E-state index is 12.9. The Hall–Kier alpha value is -4.32. The van der Waals surface area contributed by atoms with Gasteiger partial charge >= 0.3 is 0 Å². The van der Waals surface area contributed by atoms with Crippen LogP contribution in [0.25, 0.3) is 11.3 Å². The van der Waals surface area contributed by atoms with E-state index in [2.05, 4.69) is 25.0 Å². The number of hydrogen-bond donors (Lipinski definition) is 2. The van der Waals surface area contributed by atoms with E-state index in [1.807, 2.05) is 10.3 Å². The number of rotatable bonds is 8. The number of nitrogen functional groups attached to an aromatic ring is 1. The number of nitrogens with one attached hydrogen (secondary N) is 1. The van der Waals surface area contributed by atoms with Crippen molar-refractivity contribution in [3.8, 4) is 17.0 Å². The summed E-state index contributed by atoms with van der Waals surface area (Å²) in [5.74, 6) is 0.644. The van der Waals surface area contributed by atoms with E-state index in [4.69, 9.17) is 10.5 Å². The summed E-state index contributed by atoms with van der Waals surface area (Å²) in [4.78, 5) is 30.5. The van der Waals surface area contributed by atoms with Crippen molar-refractivity contribution in [3.63, 3.8) is 0 Å². The monoisotopic (exact) mass is 490 g/mol. The lowest BCUT2D eigenvalue weighted by atomic mass is 10.1. The second-order valence-corrected chi connectivity index (χ2v) is 8.47. The lowest BCUT2D eigenvalue weighted by molar-refractivity contribution is -0.128. The molecule has 1 fully saturated rings. The van der Waals surface area contributed by atoms with Crippen molar-refractivity contribution in [2.24, 2.45) is 0 Å². The fourth-order valence-electron chi connectivity index (χ4n) is 3.70. The van der Waals surface area contributed by atoms with Gasteiger partial charge in [0, 0.05) is 35.2 Å². The zero-order valence-electron chi connectivity index (χ0n) is 18.6. The summed E-state index contributed by atoms with van der Waals surface area (Å²) in [6.45, 7) is 1.81. The third-order valence-electron chi connectivity index (χ3n) is 5.52. The van der Waals surface area contributed by atoms with Crippen molar-refractivity contribution in [1.29, 1.82) is 0 Å². The summed E-state index contributed by atoms with van der Waals surface area (Å²) in [5.41, 5.74) is 8.68. The third-order valence-corrected chi connectivity index (χ3v) is 6.03. The molecule has 3 heterocycles. The molecule has 1 aliphatic heterocycles. The smallest absolute Gasteiger partial charge is 0.281 e. The molecule has 4 aromatic rings. The van der Waals surface area contributed by atoms with E-state index in [1.54, 1.807) is 48.5 Å². The van der Waals surface area contributed by atoms with Gasteiger partial charge in [0.1, 0.15) is 18.1 Å². The average Bonchev–Trinajstić information content (AvgIpc) is 3.62. The quantitative estimate of drug-likeness (QED) is 0.381. The van der Waals surface area contributed by atoms with E-state index in [0.717, 1.165) is 28.9 Å². The molecule has 0 atom stereocenters. The molecule has 178 valence electrons. The molecule has 1 amide bonds. The highest BCUT2D eigenvalue weighted by Gasteiger charge is 2.19. The first kappa shape index (κ1) is 22.5. The van der Waals surface area contributed by atoms with E-state index in [0.29, 0.717) is 36.6 Å². The van der Waals surface area contributed by atoms with Crippen LogP contribution in [0.15, 0.2) is 53.9 Å². The van der Waals surface area contributed by atoms with Crippen molar-refractivity contribution in [2.75, 3.05) is 30.7 Å². The molecule has 12 heteroatoms. The first-order chi connectivity index (χ1) is 17.1. The molecule has 0 aliphatic carbocycles. The number of nitrogens with two attached hydrogens (primary N) is 1. The zero-order chi connectivity index (χ0) is 24.2. The predicted molar refractivity (Wildman–Crippen MR) is 131 cm³/mol. The van der Waals surface area contributed by atoms with E-state index in [9.17, 15) is 9.59 Å². The summed E-state index contributed by atoms with van der Waals surface area (Å²) in [6.07, 6.45) is 1.54. The van der Waals surface area contributed by atoms with Crippen LogP contribution in [0.3, 0.4) is 0 Å². The van der Waals surface area contributed by atoms with Gasteiger partial charge in [-0.3, -0.25) is 9.59 Å². The molecule has 1 aliphatic rings. The van der Waals surface area contributed by atoms with Gasteiger partial charge in [-0.05, 0) is 54.4 Å². The molecular weight excluding hydrogens is 468 g/mol. The maximum Gasteiger partial charge on any atom is 0.281 e. The minimum absolute atomic E-state index is 0.0262. The fraction of sp³-hybridized carbons (Fsp3) is 0.217. The van der Waals surface area contributed by atoms with Crippen molar-refractivity contribution in [1.82, 2.24) is 29.3 Å². The minimum Gasteiger partial charge on any atom is -0.492 e. The van der Waals surface area contributed by atoms with E-state index in [-0.39, 0.29) is 17.8 Å². The van der Waals surface area contributed by atoms with Crippen LogP contribution < -0.4 is 15.8 Å². The Morgan fingerprint density at radius 2 is 1.94 bits per heavy atom. The number of anilines is 3. The van der Waals surface area contributed by atoms with Gasteiger partial charge in [0.25, 0.3) is 5.91 Å². The van der Waals surface area contributed by atoms with Crippen LogP contribution in [-0.4, -0.2) is 60.8 Å². The Kier molecular flexibility index (Phi) is 6.35. The van der Waals surface area contributed by atoms with Gasteiger partial charge in [-0.15, -0.1) is 10.2 Å². The van der Waals surface area contributed by atoms with Gasteiger partial charge in [0.15, 0.2) is 0 Å². The summed E-state index contributed by atoms with van der Waals surface area (Å²) in [6, 6.07) is 14.2. The van der Waals surface area contributed by atoms with Crippen LogP contribution in [0.5, 0.6) is 5.75 Å². The second-order valence-electron chi connectivity index (χ2n) is 7.86. The van der Waals surface area contributed by atoms with Crippen LogP contribution in [0.4, 0.5) is 17.6 Å². The molecule has 3 N–H and O–H groups in total. The topological polar surface area (TPSA) is 141 Å². The van der Waals surface area contributed by atoms with Gasteiger partial charge in [-0.1, -0.05) is 16.6 Å². The highest BCUT2D eigenvalue weighted by atomic mass is 32.1. The van der Waals surface area contributed by atoms with Crippen LogP contribution >= 0.6 is 11.5 Å². The molecule has 0 unspecified atom stereocenters. The normalized spacial score (nSPS) is 13.3. The number of benzene rings is 2. The van der Waals surface area contributed by atoms with E-state index < -0.39 is 5.91 Å². The number of carbonyl (C=O) groups excluding carboxylic acids is 2. The predicted octanol–water partition coefficient (Wildman–Crippen LogP) is 2.81. The summed E-state index contributed by atoms with van der Waals surface area (Å²) >= 11 is 1.26. The number of amides is 1. The highest BCUT2D eigenvalue weighted by molar-refractivity contribution is 7.03. The summed E-state index contributed by atoms with van der Waals surface area (Å²) < 4.78 is 10.6. The Balaban J connectivity index is 1.19. The van der Waals surface area contributed by atoms with Crippen molar-refractivity contribution >= 4 is 40.9 Å². The van der Waals surface area contributed by atoms with Crippen LogP contribution in [0.2, 0.25) is 0 Å².